The number of fused-ring (bicyclic) bond motifs is 2. The molecule has 0 N–H and O–H groups in total. The molecule has 0 aliphatic carbocycles. The molecule has 1 amide bonds. The van der Waals surface area contributed by atoms with Crippen LogP contribution in [0.25, 0.3) is 5.65 Å². The first-order valence-corrected chi connectivity index (χ1v) is 10.9. The molecule has 2 aromatic heterocycles. The quantitative estimate of drug-likeness (QED) is 0.615. The molecule has 1 unspecified atom stereocenters. The van der Waals surface area contributed by atoms with Crippen LogP contribution in [-0.2, 0) is 4.79 Å². The number of ether oxygens (including phenoxy) is 2. The van der Waals surface area contributed by atoms with Gasteiger partial charge in [-0.3, -0.25) is 9.20 Å². The molecular formula is C21H22N4O3S. The molecule has 0 radical (unpaired) electrons. The van der Waals surface area contributed by atoms with E-state index in [1.807, 2.05) is 45.8 Å². The van der Waals surface area contributed by atoms with Gasteiger partial charge in [-0.05, 0) is 42.7 Å². The van der Waals surface area contributed by atoms with E-state index in [2.05, 4.69) is 16.3 Å². The Hall–Kier alpha value is -2.74. The number of rotatable bonds is 4. The van der Waals surface area contributed by atoms with E-state index >= 15 is 0 Å². The maximum atomic E-state index is 13.0. The number of pyridine rings is 1. The van der Waals surface area contributed by atoms with Crippen molar-refractivity contribution in [3.05, 3.63) is 48.2 Å². The number of carbonyl (C=O) groups excluding carboxylic acids is 1. The lowest BCUT2D eigenvalue weighted by molar-refractivity contribution is -0.129. The highest BCUT2D eigenvalue weighted by atomic mass is 32.2. The summed E-state index contributed by atoms with van der Waals surface area (Å²) in [5.74, 6) is 2.04. The zero-order valence-electron chi connectivity index (χ0n) is 16.0. The topological polar surface area (TPSA) is 69.0 Å². The normalized spacial score (nSPS) is 18.8. The minimum Gasteiger partial charge on any atom is -0.490 e. The summed E-state index contributed by atoms with van der Waals surface area (Å²) in [5, 5.41) is 9.09. The van der Waals surface area contributed by atoms with Crippen molar-refractivity contribution in [2.45, 2.75) is 30.5 Å². The van der Waals surface area contributed by atoms with E-state index in [0.717, 1.165) is 53.7 Å². The van der Waals surface area contributed by atoms with Crippen LogP contribution in [0.4, 0.5) is 0 Å². The van der Waals surface area contributed by atoms with Gasteiger partial charge in [0.2, 0.25) is 5.91 Å². The fraction of sp³-hybridized carbons (Fsp3) is 0.381. The molecular weight excluding hydrogens is 388 g/mol. The largest absolute Gasteiger partial charge is 0.490 e. The highest BCUT2D eigenvalue weighted by Gasteiger charge is 2.31. The van der Waals surface area contributed by atoms with E-state index in [1.165, 1.54) is 11.8 Å². The molecule has 4 heterocycles. The minimum atomic E-state index is 0.0791. The minimum absolute atomic E-state index is 0.0791. The standard InChI is InChI=1S/C21H22N4O3S/c26-20(14-29-21-23-22-19-6-1-2-9-25(19)21)24-10-3-5-16(24)15-7-8-17-18(13-15)28-12-4-11-27-17/h1-2,6-9,13,16H,3-5,10-12,14H2. The van der Waals surface area contributed by atoms with Crippen molar-refractivity contribution < 1.29 is 14.3 Å². The predicted octanol–water partition coefficient (Wildman–Crippen LogP) is 3.35. The van der Waals surface area contributed by atoms with Crippen molar-refractivity contribution in [1.82, 2.24) is 19.5 Å². The molecule has 3 aromatic rings. The lowest BCUT2D eigenvalue weighted by atomic mass is 10.0. The summed E-state index contributed by atoms with van der Waals surface area (Å²) in [4.78, 5) is 15.0. The van der Waals surface area contributed by atoms with E-state index in [4.69, 9.17) is 9.47 Å². The molecule has 0 bridgehead atoms. The summed E-state index contributed by atoms with van der Waals surface area (Å²) in [5.41, 5.74) is 1.90. The lowest BCUT2D eigenvalue weighted by Crippen LogP contribution is -2.32. The molecule has 2 aliphatic heterocycles. The number of nitrogens with zero attached hydrogens (tertiary/aromatic N) is 4. The SMILES string of the molecule is O=C(CSc1nnc2ccccn12)N1CCCC1c1ccc2c(c1)OCCCO2. The fourth-order valence-corrected chi connectivity index (χ4v) is 4.74. The van der Waals surface area contributed by atoms with E-state index < -0.39 is 0 Å². The molecule has 1 aromatic carbocycles. The Bertz CT molecular complexity index is 1040. The Morgan fingerprint density at radius 2 is 2.00 bits per heavy atom. The second kappa shape index (κ2) is 7.94. The zero-order chi connectivity index (χ0) is 19.6. The lowest BCUT2D eigenvalue weighted by Gasteiger charge is -2.25. The first-order chi connectivity index (χ1) is 14.3. The van der Waals surface area contributed by atoms with Gasteiger partial charge in [-0.2, -0.15) is 0 Å². The van der Waals surface area contributed by atoms with Gasteiger partial charge in [-0.15, -0.1) is 10.2 Å². The van der Waals surface area contributed by atoms with Crippen LogP contribution >= 0.6 is 11.8 Å². The number of amides is 1. The Morgan fingerprint density at radius 1 is 1.10 bits per heavy atom. The number of aromatic nitrogens is 3. The molecule has 1 atom stereocenters. The summed E-state index contributed by atoms with van der Waals surface area (Å²) < 4.78 is 13.5. The number of carbonyl (C=O) groups is 1. The van der Waals surface area contributed by atoms with Gasteiger partial charge < -0.3 is 14.4 Å². The first-order valence-electron chi connectivity index (χ1n) is 9.91. The van der Waals surface area contributed by atoms with E-state index in [0.29, 0.717) is 19.0 Å². The highest BCUT2D eigenvalue weighted by molar-refractivity contribution is 7.99. The molecule has 1 saturated heterocycles. The van der Waals surface area contributed by atoms with Crippen molar-refractivity contribution in [3.8, 4) is 11.5 Å². The van der Waals surface area contributed by atoms with Gasteiger partial charge in [0.25, 0.3) is 0 Å². The summed E-state index contributed by atoms with van der Waals surface area (Å²) in [6, 6.07) is 11.9. The molecule has 150 valence electrons. The number of likely N-dealkylation sites (tertiary alicyclic amines) is 1. The monoisotopic (exact) mass is 410 g/mol. The van der Waals surface area contributed by atoms with Gasteiger partial charge in [0.1, 0.15) is 0 Å². The number of benzene rings is 1. The Labute approximate surface area is 173 Å². The third-order valence-corrected chi connectivity index (χ3v) is 6.26. The van der Waals surface area contributed by atoms with Crippen LogP contribution < -0.4 is 9.47 Å². The summed E-state index contributed by atoms with van der Waals surface area (Å²) in [6.07, 6.45) is 4.76. The number of hydrogen-bond acceptors (Lipinski definition) is 6. The van der Waals surface area contributed by atoms with Gasteiger partial charge >= 0.3 is 0 Å². The molecule has 7 nitrogen and oxygen atoms in total. The van der Waals surface area contributed by atoms with Crippen molar-refractivity contribution >= 4 is 23.3 Å². The van der Waals surface area contributed by atoms with Gasteiger partial charge in [0.15, 0.2) is 22.3 Å². The van der Waals surface area contributed by atoms with Crippen molar-refractivity contribution in [2.24, 2.45) is 0 Å². The van der Waals surface area contributed by atoms with Crippen molar-refractivity contribution in [2.75, 3.05) is 25.5 Å². The van der Waals surface area contributed by atoms with Crippen molar-refractivity contribution in [1.29, 1.82) is 0 Å². The van der Waals surface area contributed by atoms with Gasteiger partial charge in [0.05, 0.1) is 25.0 Å². The fourth-order valence-electron chi connectivity index (χ4n) is 3.93. The zero-order valence-corrected chi connectivity index (χ0v) is 16.8. The van der Waals surface area contributed by atoms with Crippen LogP contribution in [0.3, 0.4) is 0 Å². The molecule has 0 saturated carbocycles. The average molecular weight is 410 g/mol. The van der Waals surface area contributed by atoms with Crippen LogP contribution in [0.2, 0.25) is 0 Å². The van der Waals surface area contributed by atoms with Crippen LogP contribution in [0.15, 0.2) is 47.8 Å². The Kier molecular flexibility index (Phi) is 5.01. The summed E-state index contributed by atoms with van der Waals surface area (Å²) >= 11 is 1.43. The van der Waals surface area contributed by atoms with E-state index in [9.17, 15) is 4.79 Å². The molecule has 5 rings (SSSR count). The number of thioether (sulfide) groups is 1. The van der Waals surface area contributed by atoms with Crippen LogP contribution in [0.5, 0.6) is 11.5 Å². The molecule has 8 heteroatoms. The third-order valence-electron chi connectivity index (χ3n) is 5.34. The van der Waals surface area contributed by atoms with Crippen LogP contribution in [-0.4, -0.2) is 50.9 Å². The van der Waals surface area contributed by atoms with Crippen molar-refractivity contribution in [3.63, 3.8) is 0 Å². The second-order valence-electron chi connectivity index (χ2n) is 7.20. The van der Waals surface area contributed by atoms with Crippen LogP contribution in [0, 0.1) is 0 Å². The van der Waals surface area contributed by atoms with E-state index in [-0.39, 0.29) is 11.9 Å². The maximum absolute atomic E-state index is 13.0. The van der Waals surface area contributed by atoms with E-state index in [1.54, 1.807) is 0 Å². The Morgan fingerprint density at radius 3 is 2.93 bits per heavy atom. The predicted molar refractivity (Wildman–Crippen MR) is 109 cm³/mol. The molecule has 29 heavy (non-hydrogen) atoms. The van der Waals surface area contributed by atoms with Gasteiger partial charge in [-0.25, -0.2) is 0 Å². The summed E-state index contributed by atoms with van der Waals surface area (Å²) in [6.45, 7) is 2.11. The van der Waals surface area contributed by atoms with Gasteiger partial charge in [0, 0.05) is 19.2 Å². The third kappa shape index (κ3) is 3.64. The molecule has 1 fully saturated rings. The summed E-state index contributed by atoms with van der Waals surface area (Å²) in [7, 11) is 0. The smallest absolute Gasteiger partial charge is 0.233 e. The average Bonchev–Trinajstić information content (AvgIpc) is 3.33. The second-order valence-corrected chi connectivity index (χ2v) is 8.14. The molecule has 2 aliphatic rings. The van der Waals surface area contributed by atoms with Crippen LogP contribution in [0.1, 0.15) is 30.9 Å². The maximum Gasteiger partial charge on any atom is 0.233 e. The highest BCUT2D eigenvalue weighted by Crippen LogP contribution is 2.38. The van der Waals surface area contributed by atoms with Gasteiger partial charge in [-0.1, -0.05) is 23.9 Å². The number of hydrogen-bond donors (Lipinski definition) is 0. The first kappa shape index (κ1) is 18.3. The molecule has 0 spiro atoms. The Balaban J connectivity index is 1.30.